The van der Waals surface area contributed by atoms with E-state index in [9.17, 15) is 9.59 Å². The molecule has 2 amide bonds. The Morgan fingerprint density at radius 3 is 2.54 bits per heavy atom. The second kappa shape index (κ2) is 8.49. The predicted octanol–water partition coefficient (Wildman–Crippen LogP) is 2.20. The number of amides is 2. The third kappa shape index (κ3) is 5.21. The zero-order valence-electron chi connectivity index (χ0n) is 14.6. The SMILES string of the molecule is CC(CC(=O)N1CCC(N)C(C)(C)C1)NC(=O)c1ccccc1.Cl. The molecule has 2 atom stereocenters. The van der Waals surface area contributed by atoms with Gasteiger partial charge in [0.2, 0.25) is 5.91 Å². The van der Waals surface area contributed by atoms with Crippen LogP contribution in [0.4, 0.5) is 0 Å². The van der Waals surface area contributed by atoms with E-state index in [1.54, 1.807) is 12.1 Å². The molecule has 3 N–H and O–H groups in total. The lowest BCUT2D eigenvalue weighted by atomic mass is 9.79. The first-order valence-electron chi connectivity index (χ1n) is 8.19. The fraction of sp³-hybridized carbons (Fsp3) is 0.556. The molecule has 0 radical (unpaired) electrons. The number of carbonyl (C=O) groups excluding carboxylic acids is 2. The summed E-state index contributed by atoms with van der Waals surface area (Å²) in [5, 5.41) is 2.88. The molecule has 0 saturated carbocycles. The van der Waals surface area contributed by atoms with Crippen molar-refractivity contribution in [3.05, 3.63) is 35.9 Å². The molecule has 5 nitrogen and oxygen atoms in total. The molecule has 2 rings (SSSR count). The molecule has 24 heavy (non-hydrogen) atoms. The summed E-state index contributed by atoms with van der Waals surface area (Å²) < 4.78 is 0. The lowest BCUT2D eigenvalue weighted by Gasteiger charge is -2.42. The molecule has 1 aliphatic heterocycles. The third-order valence-corrected chi connectivity index (χ3v) is 4.56. The number of likely N-dealkylation sites (tertiary alicyclic amines) is 1. The van der Waals surface area contributed by atoms with E-state index in [4.69, 9.17) is 5.73 Å². The molecule has 1 saturated heterocycles. The Hall–Kier alpha value is -1.59. The van der Waals surface area contributed by atoms with E-state index in [1.165, 1.54) is 0 Å². The minimum absolute atomic E-state index is 0. The summed E-state index contributed by atoms with van der Waals surface area (Å²) in [4.78, 5) is 26.4. The first-order chi connectivity index (χ1) is 10.8. The number of benzene rings is 1. The van der Waals surface area contributed by atoms with Gasteiger partial charge in [0.25, 0.3) is 5.91 Å². The molecule has 1 aromatic carbocycles. The third-order valence-electron chi connectivity index (χ3n) is 4.56. The van der Waals surface area contributed by atoms with Gasteiger partial charge in [-0.05, 0) is 30.9 Å². The van der Waals surface area contributed by atoms with Gasteiger partial charge < -0.3 is 16.0 Å². The summed E-state index contributed by atoms with van der Waals surface area (Å²) in [5.74, 6) is -0.0715. The van der Waals surface area contributed by atoms with Gasteiger partial charge in [-0.2, -0.15) is 0 Å². The van der Waals surface area contributed by atoms with Gasteiger partial charge in [0.05, 0.1) is 0 Å². The second-order valence-electron chi connectivity index (χ2n) is 7.14. The summed E-state index contributed by atoms with van der Waals surface area (Å²) >= 11 is 0. The molecule has 0 spiro atoms. The van der Waals surface area contributed by atoms with Gasteiger partial charge in [-0.25, -0.2) is 0 Å². The Labute approximate surface area is 150 Å². The van der Waals surface area contributed by atoms with Gasteiger partial charge in [-0.3, -0.25) is 9.59 Å². The van der Waals surface area contributed by atoms with Crippen molar-refractivity contribution < 1.29 is 9.59 Å². The van der Waals surface area contributed by atoms with Crippen LogP contribution in [0.3, 0.4) is 0 Å². The van der Waals surface area contributed by atoms with E-state index in [1.807, 2.05) is 30.0 Å². The van der Waals surface area contributed by atoms with Crippen molar-refractivity contribution >= 4 is 24.2 Å². The van der Waals surface area contributed by atoms with E-state index in [0.717, 1.165) is 6.42 Å². The van der Waals surface area contributed by atoms with E-state index in [0.29, 0.717) is 25.1 Å². The van der Waals surface area contributed by atoms with Crippen LogP contribution < -0.4 is 11.1 Å². The topological polar surface area (TPSA) is 75.4 Å². The van der Waals surface area contributed by atoms with Crippen molar-refractivity contribution in [2.75, 3.05) is 13.1 Å². The summed E-state index contributed by atoms with van der Waals surface area (Å²) in [6.45, 7) is 7.42. The van der Waals surface area contributed by atoms with Gasteiger partial charge in [0, 0.05) is 37.2 Å². The first-order valence-corrected chi connectivity index (χ1v) is 8.19. The fourth-order valence-corrected chi connectivity index (χ4v) is 2.93. The number of hydrogen-bond acceptors (Lipinski definition) is 3. The number of piperidine rings is 1. The minimum Gasteiger partial charge on any atom is -0.349 e. The fourth-order valence-electron chi connectivity index (χ4n) is 2.93. The number of nitrogens with two attached hydrogens (primary N) is 1. The van der Waals surface area contributed by atoms with E-state index < -0.39 is 0 Å². The van der Waals surface area contributed by atoms with Crippen molar-refractivity contribution in [3.63, 3.8) is 0 Å². The first kappa shape index (κ1) is 20.5. The minimum atomic E-state index is -0.200. The lowest BCUT2D eigenvalue weighted by molar-refractivity contribution is -0.135. The highest BCUT2D eigenvalue weighted by molar-refractivity contribution is 5.94. The van der Waals surface area contributed by atoms with Crippen LogP contribution in [0.15, 0.2) is 30.3 Å². The molecule has 0 aliphatic carbocycles. The molecule has 1 fully saturated rings. The zero-order valence-corrected chi connectivity index (χ0v) is 15.4. The van der Waals surface area contributed by atoms with Gasteiger partial charge in [0.1, 0.15) is 0 Å². The maximum Gasteiger partial charge on any atom is 0.251 e. The molecule has 1 aromatic rings. The molecule has 2 unspecified atom stereocenters. The van der Waals surface area contributed by atoms with Crippen LogP contribution in [0.5, 0.6) is 0 Å². The number of nitrogens with zero attached hydrogens (tertiary/aromatic N) is 1. The smallest absolute Gasteiger partial charge is 0.251 e. The van der Waals surface area contributed by atoms with Crippen molar-refractivity contribution in [1.82, 2.24) is 10.2 Å². The average Bonchev–Trinajstić information content (AvgIpc) is 2.50. The van der Waals surface area contributed by atoms with Gasteiger partial charge in [0.15, 0.2) is 0 Å². The average molecular weight is 354 g/mol. The van der Waals surface area contributed by atoms with Crippen LogP contribution >= 0.6 is 12.4 Å². The van der Waals surface area contributed by atoms with Crippen LogP contribution in [0.25, 0.3) is 0 Å². The number of rotatable bonds is 4. The van der Waals surface area contributed by atoms with E-state index >= 15 is 0 Å². The standard InChI is InChI=1S/C18H27N3O2.ClH/c1-13(20-17(23)14-7-5-4-6-8-14)11-16(22)21-10-9-15(19)18(2,3)12-21;/h4-8,13,15H,9-12,19H2,1-3H3,(H,20,23);1H. The maximum absolute atomic E-state index is 12.5. The molecular formula is C18H28ClN3O2. The number of hydrogen-bond donors (Lipinski definition) is 2. The largest absolute Gasteiger partial charge is 0.349 e. The lowest BCUT2D eigenvalue weighted by Crippen LogP contribution is -2.54. The number of carbonyl (C=O) groups is 2. The summed E-state index contributed by atoms with van der Waals surface area (Å²) in [5.41, 5.74) is 6.65. The molecular weight excluding hydrogens is 326 g/mol. The number of halogens is 1. The van der Waals surface area contributed by atoms with Crippen LogP contribution in [-0.2, 0) is 4.79 Å². The molecule has 1 aliphatic rings. The van der Waals surface area contributed by atoms with E-state index in [-0.39, 0.29) is 41.7 Å². The van der Waals surface area contributed by atoms with Gasteiger partial charge in [-0.1, -0.05) is 32.0 Å². The Morgan fingerprint density at radius 2 is 1.96 bits per heavy atom. The summed E-state index contributed by atoms with van der Waals surface area (Å²) in [6, 6.07) is 8.97. The quantitative estimate of drug-likeness (QED) is 0.871. The Morgan fingerprint density at radius 1 is 1.33 bits per heavy atom. The Balaban J connectivity index is 0.00000288. The molecule has 1 heterocycles. The van der Waals surface area contributed by atoms with Crippen LogP contribution in [-0.4, -0.2) is 41.9 Å². The molecule has 0 aromatic heterocycles. The van der Waals surface area contributed by atoms with Gasteiger partial charge in [-0.15, -0.1) is 12.4 Å². The highest BCUT2D eigenvalue weighted by atomic mass is 35.5. The molecule has 6 heteroatoms. The molecule has 0 bridgehead atoms. The Kier molecular flexibility index (Phi) is 7.24. The monoisotopic (exact) mass is 353 g/mol. The highest BCUT2D eigenvalue weighted by Gasteiger charge is 2.35. The normalized spacial score (nSPS) is 20.7. The second-order valence-corrected chi connectivity index (χ2v) is 7.14. The van der Waals surface area contributed by atoms with Crippen LogP contribution in [0.2, 0.25) is 0 Å². The Bertz CT molecular complexity index is 563. The predicted molar refractivity (Wildman–Crippen MR) is 98.2 cm³/mol. The van der Waals surface area contributed by atoms with E-state index in [2.05, 4.69) is 19.2 Å². The van der Waals surface area contributed by atoms with Crippen molar-refractivity contribution in [1.29, 1.82) is 0 Å². The van der Waals surface area contributed by atoms with Crippen LogP contribution in [0, 0.1) is 5.41 Å². The molecule has 134 valence electrons. The van der Waals surface area contributed by atoms with Crippen molar-refractivity contribution in [2.24, 2.45) is 11.1 Å². The number of nitrogens with one attached hydrogen (secondary N) is 1. The summed E-state index contributed by atoms with van der Waals surface area (Å²) in [6.07, 6.45) is 1.13. The van der Waals surface area contributed by atoms with Gasteiger partial charge >= 0.3 is 0 Å². The van der Waals surface area contributed by atoms with Crippen molar-refractivity contribution in [3.8, 4) is 0 Å². The highest BCUT2D eigenvalue weighted by Crippen LogP contribution is 2.28. The summed E-state index contributed by atoms with van der Waals surface area (Å²) in [7, 11) is 0. The maximum atomic E-state index is 12.5. The van der Waals surface area contributed by atoms with Crippen molar-refractivity contribution in [2.45, 2.75) is 45.7 Å². The zero-order chi connectivity index (χ0) is 17.0. The van der Waals surface area contributed by atoms with Crippen LogP contribution in [0.1, 0.15) is 44.0 Å².